The lowest BCUT2D eigenvalue weighted by Gasteiger charge is -2.11. The number of aliphatic imine (C=N–C) groups is 1. The predicted octanol–water partition coefficient (Wildman–Crippen LogP) is 4.73. The number of benzene rings is 1. The van der Waals surface area contributed by atoms with Crippen LogP contribution >= 0.6 is 22.9 Å². The maximum atomic E-state index is 12.7. The van der Waals surface area contributed by atoms with Gasteiger partial charge in [-0.25, -0.2) is 0 Å². The minimum absolute atomic E-state index is 0.0539. The van der Waals surface area contributed by atoms with Crippen LogP contribution in [-0.2, 0) is 4.79 Å². The standard InChI is InChI=1S/C15H9ClF3NO2S/c16-10-4-1-2-5-11(10)20-8-9(14(22)15(17,18)19)13(21)12-6-3-7-23-12/h1-9H. The van der Waals surface area contributed by atoms with Gasteiger partial charge in [-0.1, -0.05) is 29.8 Å². The number of para-hydroxylation sites is 1. The molecular formula is C15H9ClF3NO2S. The highest BCUT2D eigenvalue weighted by molar-refractivity contribution is 7.12. The first kappa shape index (κ1) is 17.4. The van der Waals surface area contributed by atoms with E-state index in [0.29, 0.717) is 6.21 Å². The second-order valence-corrected chi connectivity index (χ2v) is 5.77. The van der Waals surface area contributed by atoms with E-state index in [0.717, 1.165) is 11.3 Å². The molecule has 0 N–H and O–H groups in total. The Bertz CT molecular complexity index is 741. The molecule has 0 aliphatic heterocycles. The molecule has 0 amide bonds. The molecule has 0 fully saturated rings. The number of alkyl halides is 3. The van der Waals surface area contributed by atoms with E-state index in [-0.39, 0.29) is 15.6 Å². The molecule has 1 heterocycles. The molecule has 23 heavy (non-hydrogen) atoms. The van der Waals surface area contributed by atoms with Crippen LogP contribution in [0.4, 0.5) is 18.9 Å². The van der Waals surface area contributed by atoms with Crippen molar-refractivity contribution in [1.29, 1.82) is 0 Å². The smallest absolute Gasteiger partial charge is 0.292 e. The number of carbonyl (C=O) groups excluding carboxylic acids is 2. The van der Waals surface area contributed by atoms with Gasteiger partial charge in [-0.2, -0.15) is 13.2 Å². The van der Waals surface area contributed by atoms with Crippen molar-refractivity contribution in [2.75, 3.05) is 0 Å². The predicted molar refractivity (Wildman–Crippen MR) is 82.8 cm³/mol. The molecule has 0 aliphatic rings. The summed E-state index contributed by atoms with van der Waals surface area (Å²) in [5.41, 5.74) is 0.174. The fourth-order valence-electron chi connectivity index (χ4n) is 1.71. The van der Waals surface area contributed by atoms with Gasteiger partial charge >= 0.3 is 6.18 Å². The van der Waals surface area contributed by atoms with Crippen LogP contribution in [0.15, 0.2) is 46.8 Å². The van der Waals surface area contributed by atoms with Gasteiger partial charge in [0.2, 0.25) is 0 Å². The number of carbonyl (C=O) groups is 2. The van der Waals surface area contributed by atoms with Crippen LogP contribution in [0, 0.1) is 5.92 Å². The number of hydrogen-bond donors (Lipinski definition) is 0. The molecule has 1 aromatic carbocycles. The summed E-state index contributed by atoms with van der Waals surface area (Å²) in [6.45, 7) is 0. The van der Waals surface area contributed by atoms with E-state index in [1.54, 1.807) is 12.1 Å². The first-order valence-corrected chi connectivity index (χ1v) is 7.54. The molecule has 3 nitrogen and oxygen atoms in total. The van der Waals surface area contributed by atoms with Gasteiger partial charge < -0.3 is 0 Å². The van der Waals surface area contributed by atoms with E-state index in [1.165, 1.54) is 29.6 Å². The van der Waals surface area contributed by atoms with Crippen molar-refractivity contribution in [3.05, 3.63) is 51.7 Å². The van der Waals surface area contributed by atoms with E-state index in [1.807, 2.05) is 0 Å². The zero-order valence-electron chi connectivity index (χ0n) is 11.4. The maximum absolute atomic E-state index is 12.7. The minimum atomic E-state index is -5.13. The van der Waals surface area contributed by atoms with Crippen LogP contribution in [0.2, 0.25) is 5.02 Å². The molecule has 1 aromatic heterocycles. The lowest BCUT2D eigenvalue weighted by atomic mass is 9.98. The molecule has 0 saturated carbocycles. The third kappa shape index (κ3) is 4.27. The summed E-state index contributed by atoms with van der Waals surface area (Å²) in [4.78, 5) is 27.5. The zero-order chi connectivity index (χ0) is 17.0. The summed E-state index contributed by atoms with van der Waals surface area (Å²) in [7, 11) is 0. The van der Waals surface area contributed by atoms with Crippen molar-refractivity contribution in [2.45, 2.75) is 6.18 Å². The maximum Gasteiger partial charge on any atom is 0.451 e. The molecule has 0 spiro atoms. The van der Waals surface area contributed by atoms with Crippen LogP contribution < -0.4 is 0 Å². The van der Waals surface area contributed by atoms with Gasteiger partial charge in [0, 0.05) is 6.21 Å². The zero-order valence-corrected chi connectivity index (χ0v) is 13.0. The number of ketones is 2. The highest BCUT2D eigenvalue weighted by Gasteiger charge is 2.45. The van der Waals surface area contributed by atoms with Gasteiger partial charge in [-0.05, 0) is 23.6 Å². The molecule has 120 valence electrons. The Labute approximate surface area is 138 Å². The van der Waals surface area contributed by atoms with E-state index in [2.05, 4.69) is 4.99 Å². The Morgan fingerprint density at radius 3 is 2.43 bits per heavy atom. The van der Waals surface area contributed by atoms with Crippen LogP contribution in [0.5, 0.6) is 0 Å². The number of thiophene rings is 1. The summed E-state index contributed by atoms with van der Waals surface area (Å²) < 4.78 is 38.2. The number of nitrogens with zero attached hydrogens (tertiary/aromatic N) is 1. The highest BCUT2D eigenvalue weighted by Crippen LogP contribution is 2.27. The van der Waals surface area contributed by atoms with Crippen molar-refractivity contribution >= 4 is 46.4 Å². The monoisotopic (exact) mass is 359 g/mol. The first-order chi connectivity index (χ1) is 10.8. The van der Waals surface area contributed by atoms with E-state index in [9.17, 15) is 22.8 Å². The van der Waals surface area contributed by atoms with Crippen molar-refractivity contribution in [3.8, 4) is 0 Å². The summed E-state index contributed by atoms with van der Waals surface area (Å²) in [6.07, 6.45) is -4.44. The quantitative estimate of drug-likeness (QED) is 0.440. The molecule has 2 rings (SSSR count). The number of halogens is 4. The molecule has 0 aliphatic carbocycles. The van der Waals surface area contributed by atoms with Gasteiger partial charge in [0.25, 0.3) is 5.78 Å². The van der Waals surface area contributed by atoms with Crippen molar-refractivity contribution in [2.24, 2.45) is 10.9 Å². The van der Waals surface area contributed by atoms with Crippen molar-refractivity contribution in [3.63, 3.8) is 0 Å². The fourth-order valence-corrected chi connectivity index (χ4v) is 2.60. The van der Waals surface area contributed by atoms with Crippen molar-refractivity contribution < 1.29 is 22.8 Å². The van der Waals surface area contributed by atoms with Crippen LogP contribution in [0.25, 0.3) is 0 Å². The summed E-state index contributed by atoms with van der Waals surface area (Å²) in [5.74, 6) is -5.14. The number of rotatable bonds is 5. The summed E-state index contributed by atoms with van der Waals surface area (Å²) in [5, 5.41) is 1.73. The Morgan fingerprint density at radius 2 is 1.87 bits per heavy atom. The largest absolute Gasteiger partial charge is 0.451 e. The number of hydrogen-bond acceptors (Lipinski definition) is 4. The lowest BCUT2D eigenvalue weighted by molar-refractivity contribution is -0.171. The van der Waals surface area contributed by atoms with Gasteiger partial charge in [0.15, 0.2) is 5.78 Å². The highest BCUT2D eigenvalue weighted by atomic mass is 35.5. The average molecular weight is 360 g/mol. The average Bonchev–Trinajstić information content (AvgIpc) is 3.02. The molecule has 1 atom stereocenters. The second-order valence-electron chi connectivity index (χ2n) is 4.41. The van der Waals surface area contributed by atoms with Crippen molar-refractivity contribution in [1.82, 2.24) is 0 Å². The summed E-state index contributed by atoms with van der Waals surface area (Å²) >= 11 is 6.81. The first-order valence-electron chi connectivity index (χ1n) is 6.28. The van der Waals surface area contributed by atoms with E-state index < -0.39 is 23.7 Å². The Hall–Kier alpha value is -1.99. The SMILES string of the molecule is O=C(c1cccs1)C(C=Nc1ccccc1Cl)C(=O)C(F)(F)F. The topological polar surface area (TPSA) is 46.5 Å². The molecule has 0 saturated heterocycles. The Morgan fingerprint density at radius 1 is 1.17 bits per heavy atom. The third-order valence-electron chi connectivity index (χ3n) is 2.82. The minimum Gasteiger partial charge on any atom is -0.292 e. The van der Waals surface area contributed by atoms with Crippen LogP contribution in [-0.4, -0.2) is 24.0 Å². The van der Waals surface area contributed by atoms with E-state index in [4.69, 9.17) is 11.6 Å². The number of Topliss-reactive ketones (excluding diaryl/α,β-unsaturated/α-hetero) is 2. The molecule has 8 heteroatoms. The molecule has 1 unspecified atom stereocenters. The summed E-state index contributed by atoms with van der Waals surface area (Å²) in [6, 6.07) is 9.03. The van der Waals surface area contributed by atoms with E-state index >= 15 is 0 Å². The third-order valence-corrected chi connectivity index (χ3v) is 4.03. The molecular weight excluding hydrogens is 351 g/mol. The van der Waals surface area contributed by atoms with Gasteiger partial charge in [-0.3, -0.25) is 14.6 Å². The molecule has 0 radical (unpaired) electrons. The molecule has 2 aromatic rings. The Kier molecular flexibility index (Phi) is 5.33. The van der Waals surface area contributed by atoms with Gasteiger partial charge in [0.05, 0.1) is 15.6 Å². The second kappa shape index (κ2) is 7.06. The van der Waals surface area contributed by atoms with Gasteiger partial charge in [-0.15, -0.1) is 11.3 Å². The normalized spacial score (nSPS) is 13.2. The van der Waals surface area contributed by atoms with Crippen LogP contribution in [0.1, 0.15) is 9.67 Å². The van der Waals surface area contributed by atoms with Crippen LogP contribution in [0.3, 0.4) is 0 Å². The lowest BCUT2D eigenvalue weighted by Crippen LogP contribution is -2.36. The molecule has 0 bridgehead atoms. The fraction of sp³-hybridized carbons (Fsp3) is 0.133. The Balaban J connectivity index is 2.36. The van der Waals surface area contributed by atoms with Gasteiger partial charge in [0.1, 0.15) is 5.92 Å².